The summed E-state index contributed by atoms with van der Waals surface area (Å²) in [5.74, 6) is -0.716. The minimum Gasteiger partial charge on any atom is -0.545 e. The summed E-state index contributed by atoms with van der Waals surface area (Å²) in [6.07, 6.45) is 0. The molecular weight excluding hydrogens is 334 g/mol. The monoisotopic (exact) mass is 350 g/mol. The van der Waals surface area contributed by atoms with E-state index in [1.165, 1.54) is 32.4 Å². The minimum absolute atomic E-state index is 0.158. The Morgan fingerprint density at radius 2 is 1.79 bits per heavy atom. The van der Waals surface area contributed by atoms with E-state index in [2.05, 4.69) is 4.72 Å². The molecule has 2 aromatic carbocycles. The molecule has 0 fully saturated rings. The molecule has 128 valence electrons. The van der Waals surface area contributed by atoms with Gasteiger partial charge >= 0.3 is 0 Å². The average molecular weight is 350 g/mol. The summed E-state index contributed by atoms with van der Waals surface area (Å²) in [6, 6.07) is 8.39. The van der Waals surface area contributed by atoms with Gasteiger partial charge in [-0.1, -0.05) is 12.1 Å². The largest absolute Gasteiger partial charge is 0.545 e. The molecule has 0 amide bonds. The summed E-state index contributed by atoms with van der Waals surface area (Å²) >= 11 is 0. The molecule has 0 saturated heterocycles. The average Bonchev–Trinajstić information content (AvgIpc) is 2.54. The molecule has 7 nitrogen and oxygen atoms in total. The van der Waals surface area contributed by atoms with Crippen molar-refractivity contribution < 1.29 is 27.8 Å². The zero-order valence-corrected chi connectivity index (χ0v) is 14.1. The molecule has 0 heterocycles. The van der Waals surface area contributed by atoms with Crippen LogP contribution in [0.3, 0.4) is 0 Å². The summed E-state index contributed by atoms with van der Waals surface area (Å²) in [7, 11) is -1.18. The third-order valence-electron chi connectivity index (χ3n) is 3.36. The molecule has 0 aliphatic heterocycles. The summed E-state index contributed by atoms with van der Waals surface area (Å²) < 4.78 is 37.9. The molecule has 1 N–H and O–H groups in total. The highest BCUT2D eigenvalue weighted by molar-refractivity contribution is 7.92. The first kappa shape index (κ1) is 17.6. The van der Waals surface area contributed by atoms with Gasteiger partial charge in [0.15, 0.2) is 0 Å². The van der Waals surface area contributed by atoms with Gasteiger partial charge in [-0.05, 0) is 36.2 Å². The van der Waals surface area contributed by atoms with Crippen molar-refractivity contribution in [2.75, 3.05) is 18.9 Å². The number of aromatic carboxylic acids is 1. The van der Waals surface area contributed by atoms with Crippen molar-refractivity contribution in [2.45, 2.75) is 11.8 Å². The lowest BCUT2D eigenvalue weighted by Gasteiger charge is -2.15. The quantitative estimate of drug-likeness (QED) is 0.839. The van der Waals surface area contributed by atoms with Gasteiger partial charge in [-0.2, -0.15) is 0 Å². The van der Waals surface area contributed by atoms with Gasteiger partial charge in [0.1, 0.15) is 11.5 Å². The first-order valence-corrected chi connectivity index (χ1v) is 8.33. The molecule has 0 atom stereocenters. The zero-order chi connectivity index (χ0) is 17.9. The maximum Gasteiger partial charge on any atom is 0.262 e. The molecule has 0 aliphatic rings. The van der Waals surface area contributed by atoms with Crippen LogP contribution in [0.25, 0.3) is 0 Å². The van der Waals surface area contributed by atoms with Gasteiger partial charge in [0.05, 0.1) is 30.8 Å². The summed E-state index contributed by atoms with van der Waals surface area (Å²) in [5.41, 5.74) is 0.350. The van der Waals surface area contributed by atoms with E-state index < -0.39 is 16.0 Å². The van der Waals surface area contributed by atoms with Crippen molar-refractivity contribution in [3.05, 3.63) is 47.5 Å². The van der Waals surface area contributed by atoms with Crippen molar-refractivity contribution in [2.24, 2.45) is 0 Å². The standard InChI is InChI=1S/C16H17NO6S/c1-10-4-5-11(16(18)19)8-15(10)24(20,21)17-13-9-12(22-2)6-7-14(13)23-3/h4-9,17H,1-3H3,(H,18,19)/p-1. The Kier molecular flexibility index (Phi) is 4.99. The fourth-order valence-corrected chi connectivity index (χ4v) is 3.44. The predicted octanol–water partition coefficient (Wildman–Crippen LogP) is 1.18. The lowest BCUT2D eigenvalue weighted by molar-refractivity contribution is -0.255. The number of rotatable bonds is 6. The molecule has 0 radical (unpaired) electrons. The van der Waals surface area contributed by atoms with Crippen molar-refractivity contribution in [1.82, 2.24) is 0 Å². The highest BCUT2D eigenvalue weighted by atomic mass is 32.2. The number of carbonyl (C=O) groups excluding carboxylic acids is 1. The molecule has 8 heteroatoms. The summed E-state index contributed by atoms with van der Waals surface area (Å²) in [5, 5.41) is 11.0. The van der Waals surface area contributed by atoms with Crippen molar-refractivity contribution in [3.8, 4) is 11.5 Å². The topological polar surface area (TPSA) is 105 Å². The lowest BCUT2D eigenvalue weighted by atomic mass is 10.1. The van der Waals surface area contributed by atoms with E-state index in [1.54, 1.807) is 19.1 Å². The van der Waals surface area contributed by atoms with E-state index in [-0.39, 0.29) is 16.1 Å². The van der Waals surface area contributed by atoms with Crippen molar-refractivity contribution >= 4 is 21.7 Å². The van der Waals surface area contributed by atoms with Crippen LogP contribution < -0.4 is 19.3 Å². The highest BCUT2D eigenvalue weighted by Gasteiger charge is 2.20. The number of methoxy groups -OCH3 is 2. The highest BCUT2D eigenvalue weighted by Crippen LogP contribution is 2.31. The minimum atomic E-state index is -4.03. The van der Waals surface area contributed by atoms with Gasteiger partial charge in [-0.3, -0.25) is 4.72 Å². The summed E-state index contributed by atoms with van der Waals surface area (Å²) in [4.78, 5) is 10.8. The zero-order valence-electron chi connectivity index (χ0n) is 13.3. The van der Waals surface area contributed by atoms with Gasteiger partial charge in [0.25, 0.3) is 10.0 Å². The first-order valence-electron chi connectivity index (χ1n) is 6.85. The number of carboxylic acid groups (broad SMARTS) is 1. The molecular formula is C16H16NO6S-. The lowest BCUT2D eigenvalue weighted by Crippen LogP contribution is -2.23. The number of hydrogen-bond acceptors (Lipinski definition) is 6. The van der Waals surface area contributed by atoms with Gasteiger partial charge in [0, 0.05) is 6.07 Å². The number of carbonyl (C=O) groups is 1. The Labute approximate surface area is 139 Å². The third-order valence-corrected chi connectivity index (χ3v) is 4.87. The fraction of sp³-hybridized carbons (Fsp3) is 0.188. The number of hydrogen-bond donors (Lipinski definition) is 1. The Morgan fingerprint density at radius 1 is 1.08 bits per heavy atom. The number of benzene rings is 2. The van der Waals surface area contributed by atoms with Gasteiger partial charge in [0.2, 0.25) is 0 Å². The number of anilines is 1. The van der Waals surface area contributed by atoms with Crippen LogP contribution >= 0.6 is 0 Å². The molecule has 2 rings (SSSR count). The van der Waals surface area contributed by atoms with Gasteiger partial charge < -0.3 is 19.4 Å². The van der Waals surface area contributed by atoms with E-state index in [0.717, 1.165) is 6.07 Å². The smallest absolute Gasteiger partial charge is 0.262 e. The van der Waals surface area contributed by atoms with Gasteiger partial charge in [-0.15, -0.1) is 0 Å². The maximum absolute atomic E-state index is 12.6. The second kappa shape index (κ2) is 6.79. The third kappa shape index (κ3) is 3.60. The molecule has 0 spiro atoms. The number of ether oxygens (including phenoxy) is 2. The van der Waals surface area contributed by atoms with Crippen LogP contribution in [-0.4, -0.2) is 28.6 Å². The molecule has 0 aromatic heterocycles. The van der Waals surface area contributed by atoms with Crippen LogP contribution in [0.2, 0.25) is 0 Å². The van der Waals surface area contributed by atoms with Crippen molar-refractivity contribution in [1.29, 1.82) is 0 Å². The molecule has 0 unspecified atom stereocenters. The summed E-state index contributed by atoms with van der Waals surface area (Å²) in [6.45, 7) is 1.57. The predicted molar refractivity (Wildman–Crippen MR) is 85.9 cm³/mol. The first-order chi connectivity index (χ1) is 11.3. The Bertz CT molecular complexity index is 876. The van der Waals surface area contributed by atoms with Crippen LogP contribution in [-0.2, 0) is 10.0 Å². The second-order valence-electron chi connectivity index (χ2n) is 4.94. The molecule has 2 aromatic rings. The van der Waals surface area contributed by atoms with Crippen LogP contribution in [0.4, 0.5) is 5.69 Å². The SMILES string of the molecule is COc1ccc(OC)c(NS(=O)(=O)c2cc(C(=O)[O-])ccc2C)c1. The maximum atomic E-state index is 12.6. The van der Waals surface area contributed by atoms with E-state index >= 15 is 0 Å². The van der Waals surface area contributed by atoms with E-state index in [1.807, 2.05) is 0 Å². The van der Waals surface area contributed by atoms with E-state index in [9.17, 15) is 18.3 Å². The Morgan fingerprint density at radius 3 is 2.38 bits per heavy atom. The number of carboxylic acids is 1. The number of sulfonamides is 1. The van der Waals surface area contributed by atoms with E-state index in [0.29, 0.717) is 17.1 Å². The van der Waals surface area contributed by atoms with Gasteiger partial charge in [-0.25, -0.2) is 8.42 Å². The van der Waals surface area contributed by atoms with E-state index in [4.69, 9.17) is 9.47 Å². The van der Waals surface area contributed by atoms with Crippen LogP contribution in [0.5, 0.6) is 11.5 Å². The van der Waals surface area contributed by atoms with Crippen molar-refractivity contribution in [3.63, 3.8) is 0 Å². The van der Waals surface area contributed by atoms with Crippen LogP contribution in [0.15, 0.2) is 41.3 Å². The van der Waals surface area contributed by atoms with Crippen LogP contribution in [0.1, 0.15) is 15.9 Å². The van der Waals surface area contributed by atoms with Crippen LogP contribution in [0, 0.1) is 6.92 Å². The molecule has 0 bridgehead atoms. The molecule has 24 heavy (non-hydrogen) atoms. The number of aryl methyl sites for hydroxylation is 1. The second-order valence-corrected chi connectivity index (χ2v) is 6.59. The fourth-order valence-electron chi connectivity index (χ4n) is 2.11. The molecule has 0 aliphatic carbocycles. The Hall–Kier alpha value is -2.74. The normalized spacial score (nSPS) is 11.0. The molecule has 0 saturated carbocycles. The Balaban J connectivity index is 2.49. The number of nitrogens with one attached hydrogen (secondary N) is 1.